The van der Waals surface area contributed by atoms with Crippen LogP contribution in [0, 0.1) is 11.8 Å². The van der Waals surface area contributed by atoms with E-state index in [4.69, 9.17) is 9.47 Å². The number of esters is 1. The lowest BCUT2D eigenvalue weighted by Crippen LogP contribution is -2.58. The summed E-state index contributed by atoms with van der Waals surface area (Å²) in [6.07, 6.45) is 4.96. The second-order valence-electron chi connectivity index (χ2n) is 13.0. The molecule has 0 aromatic heterocycles. The van der Waals surface area contributed by atoms with E-state index in [1.807, 2.05) is 59.5 Å². The largest absolute Gasteiger partial charge is 0.489 e. The predicted octanol–water partition coefficient (Wildman–Crippen LogP) is 5.63. The SMILES string of the molecule is CC(C)C1CC1(NC(=O)N1CCCCCC1)C(=O)NC(Cc1ccc(OCc2ccccc2)cc1)C(=O)OC(C)(C)C. The molecule has 228 valence electrons. The number of amides is 3. The summed E-state index contributed by atoms with van der Waals surface area (Å²) in [5.74, 6) is 0.0739. The molecule has 3 amide bonds. The van der Waals surface area contributed by atoms with Crippen LogP contribution in [0.15, 0.2) is 54.6 Å². The van der Waals surface area contributed by atoms with E-state index in [2.05, 4.69) is 24.5 Å². The van der Waals surface area contributed by atoms with Crippen LogP contribution in [0.25, 0.3) is 0 Å². The fourth-order valence-corrected chi connectivity index (χ4v) is 5.65. The van der Waals surface area contributed by atoms with E-state index in [-0.39, 0.29) is 30.2 Å². The molecule has 1 aliphatic heterocycles. The highest BCUT2D eigenvalue weighted by Gasteiger charge is 2.62. The van der Waals surface area contributed by atoms with Gasteiger partial charge in [0.1, 0.15) is 29.5 Å². The minimum Gasteiger partial charge on any atom is -0.489 e. The molecule has 8 heteroatoms. The Balaban J connectivity index is 1.47. The Morgan fingerprint density at radius 2 is 1.57 bits per heavy atom. The number of benzene rings is 2. The number of likely N-dealkylation sites (tertiary alicyclic amines) is 1. The van der Waals surface area contributed by atoms with Gasteiger partial charge in [0, 0.05) is 19.5 Å². The summed E-state index contributed by atoms with van der Waals surface area (Å²) >= 11 is 0. The molecule has 2 aromatic rings. The molecule has 1 aliphatic carbocycles. The summed E-state index contributed by atoms with van der Waals surface area (Å²) < 4.78 is 11.6. The van der Waals surface area contributed by atoms with Crippen LogP contribution < -0.4 is 15.4 Å². The van der Waals surface area contributed by atoms with Crippen molar-refractivity contribution in [2.45, 2.75) is 96.9 Å². The molecule has 4 rings (SSSR count). The highest BCUT2D eigenvalue weighted by molar-refractivity contribution is 5.96. The third kappa shape index (κ3) is 8.49. The van der Waals surface area contributed by atoms with Crippen molar-refractivity contribution in [3.05, 3.63) is 65.7 Å². The summed E-state index contributed by atoms with van der Waals surface area (Å²) in [5.41, 5.74) is 0.184. The zero-order chi connectivity index (χ0) is 30.3. The minimum atomic E-state index is -1.03. The molecule has 2 N–H and O–H groups in total. The summed E-state index contributed by atoms with van der Waals surface area (Å²) in [5, 5.41) is 6.07. The number of hydrogen-bond donors (Lipinski definition) is 2. The average Bonchev–Trinajstić information content (AvgIpc) is 3.73. The van der Waals surface area contributed by atoms with Gasteiger partial charge in [0.15, 0.2) is 0 Å². The predicted molar refractivity (Wildman–Crippen MR) is 163 cm³/mol. The van der Waals surface area contributed by atoms with Gasteiger partial charge in [-0.15, -0.1) is 0 Å². The van der Waals surface area contributed by atoms with Crippen molar-refractivity contribution in [2.24, 2.45) is 11.8 Å². The van der Waals surface area contributed by atoms with Crippen molar-refractivity contribution in [3.8, 4) is 5.75 Å². The lowest BCUT2D eigenvalue weighted by Gasteiger charge is -2.29. The van der Waals surface area contributed by atoms with Crippen LogP contribution in [0.3, 0.4) is 0 Å². The first-order valence-electron chi connectivity index (χ1n) is 15.3. The Kier molecular flexibility index (Phi) is 10.2. The lowest BCUT2D eigenvalue weighted by molar-refractivity contribution is -0.158. The smallest absolute Gasteiger partial charge is 0.329 e. The van der Waals surface area contributed by atoms with Gasteiger partial charge in [-0.3, -0.25) is 4.79 Å². The summed E-state index contributed by atoms with van der Waals surface area (Å²) in [7, 11) is 0. The highest BCUT2D eigenvalue weighted by atomic mass is 16.6. The first kappa shape index (κ1) is 31.4. The van der Waals surface area contributed by atoms with Gasteiger partial charge in [0.2, 0.25) is 5.91 Å². The highest BCUT2D eigenvalue weighted by Crippen LogP contribution is 2.49. The monoisotopic (exact) mass is 577 g/mol. The Labute approximate surface area is 250 Å². The second-order valence-corrected chi connectivity index (χ2v) is 13.0. The summed E-state index contributed by atoms with van der Waals surface area (Å²) in [6, 6.07) is 16.4. The number of carbonyl (C=O) groups excluding carboxylic acids is 3. The van der Waals surface area contributed by atoms with Gasteiger partial charge in [-0.2, -0.15) is 0 Å². The van der Waals surface area contributed by atoms with Crippen LogP contribution in [0.2, 0.25) is 0 Å². The lowest BCUT2D eigenvalue weighted by atomic mass is 10.0. The first-order valence-corrected chi connectivity index (χ1v) is 15.3. The molecule has 2 aromatic carbocycles. The van der Waals surface area contributed by atoms with Crippen molar-refractivity contribution in [3.63, 3.8) is 0 Å². The maximum Gasteiger partial charge on any atom is 0.329 e. The number of ether oxygens (including phenoxy) is 2. The molecule has 0 spiro atoms. The number of urea groups is 1. The third-order valence-corrected chi connectivity index (χ3v) is 8.06. The molecule has 3 atom stereocenters. The number of nitrogens with zero attached hydrogens (tertiary/aromatic N) is 1. The van der Waals surface area contributed by atoms with E-state index in [9.17, 15) is 14.4 Å². The Bertz CT molecular complexity index is 1200. The van der Waals surface area contributed by atoms with E-state index >= 15 is 0 Å². The van der Waals surface area contributed by atoms with Gasteiger partial charge in [0.05, 0.1) is 0 Å². The molecule has 1 heterocycles. The quantitative estimate of drug-likeness (QED) is 0.357. The molecule has 1 saturated carbocycles. The number of hydrogen-bond acceptors (Lipinski definition) is 5. The van der Waals surface area contributed by atoms with Crippen LogP contribution in [-0.2, 0) is 27.4 Å². The van der Waals surface area contributed by atoms with E-state index in [1.165, 1.54) is 0 Å². The van der Waals surface area contributed by atoms with Crippen LogP contribution in [-0.4, -0.2) is 53.1 Å². The standard InChI is InChI=1S/C34H47N3O5/c1-24(2)28-22-34(28,36-32(40)37-19-11-6-7-12-20-37)31(39)35-29(30(38)42-33(3,4)5)21-25-15-17-27(18-16-25)41-23-26-13-9-8-10-14-26/h8-10,13-18,24,28-29H,6-7,11-12,19-23H2,1-5H3,(H,35,39)(H,36,40). The van der Waals surface area contributed by atoms with Crippen molar-refractivity contribution < 1.29 is 23.9 Å². The van der Waals surface area contributed by atoms with Crippen LogP contribution in [0.1, 0.15) is 77.8 Å². The van der Waals surface area contributed by atoms with Gasteiger partial charge in [-0.25, -0.2) is 9.59 Å². The van der Waals surface area contributed by atoms with E-state index in [0.29, 0.717) is 31.9 Å². The van der Waals surface area contributed by atoms with Gasteiger partial charge in [-0.05, 0) is 75.1 Å². The molecule has 0 bridgehead atoms. The first-order chi connectivity index (χ1) is 20.0. The molecular formula is C34H47N3O5. The van der Waals surface area contributed by atoms with E-state index in [0.717, 1.165) is 36.8 Å². The van der Waals surface area contributed by atoms with Crippen molar-refractivity contribution in [1.82, 2.24) is 15.5 Å². The van der Waals surface area contributed by atoms with Gasteiger partial charge < -0.3 is 25.0 Å². The zero-order valence-corrected chi connectivity index (χ0v) is 25.8. The summed E-state index contributed by atoms with van der Waals surface area (Å²) in [6.45, 7) is 11.4. The number of rotatable bonds is 10. The van der Waals surface area contributed by atoms with Gasteiger partial charge in [0.25, 0.3) is 0 Å². The fourth-order valence-electron chi connectivity index (χ4n) is 5.65. The van der Waals surface area contributed by atoms with Crippen LogP contribution in [0.5, 0.6) is 5.75 Å². The van der Waals surface area contributed by atoms with Crippen molar-refractivity contribution >= 4 is 17.9 Å². The third-order valence-electron chi connectivity index (χ3n) is 8.06. The van der Waals surface area contributed by atoms with Crippen molar-refractivity contribution in [1.29, 1.82) is 0 Å². The molecule has 0 radical (unpaired) electrons. The van der Waals surface area contributed by atoms with E-state index in [1.54, 1.807) is 20.8 Å². The zero-order valence-electron chi connectivity index (χ0n) is 25.8. The normalized spacial score (nSPS) is 21.2. The average molecular weight is 578 g/mol. The molecule has 3 unspecified atom stereocenters. The summed E-state index contributed by atoms with van der Waals surface area (Å²) in [4.78, 5) is 42.3. The van der Waals surface area contributed by atoms with E-state index < -0.39 is 23.2 Å². The Morgan fingerprint density at radius 3 is 2.14 bits per heavy atom. The fraction of sp³-hybridized carbons (Fsp3) is 0.559. The molecule has 2 aliphatic rings. The van der Waals surface area contributed by atoms with Gasteiger partial charge in [-0.1, -0.05) is 69.2 Å². The second kappa shape index (κ2) is 13.6. The maximum absolute atomic E-state index is 13.9. The Hall–Kier alpha value is -3.55. The molecular weight excluding hydrogens is 530 g/mol. The number of nitrogens with one attached hydrogen (secondary N) is 2. The van der Waals surface area contributed by atoms with Gasteiger partial charge >= 0.3 is 12.0 Å². The molecule has 2 fully saturated rings. The number of carbonyl (C=O) groups is 3. The topological polar surface area (TPSA) is 97.0 Å². The van der Waals surface area contributed by atoms with Crippen LogP contribution >= 0.6 is 0 Å². The minimum absolute atomic E-state index is 0.00578. The molecule has 8 nitrogen and oxygen atoms in total. The molecule has 42 heavy (non-hydrogen) atoms. The maximum atomic E-state index is 13.9. The molecule has 1 saturated heterocycles. The van der Waals surface area contributed by atoms with Crippen LogP contribution in [0.4, 0.5) is 4.79 Å². The van der Waals surface area contributed by atoms with Crippen molar-refractivity contribution in [2.75, 3.05) is 13.1 Å². The Morgan fingerprint density at radius 1 is 0.929 bits per heavy atom.